The first kappa shape index (κ1) is 13.3. The van der Waals surface area contributed by atoms with Crippen molar-refractivity contribution in [2.75, 3.05) is 6.54 Å². The van der Waals surface area contributed by atoms with Gasteiger partial charge in [0.1, 0.15) is 0 Å². The van der Waals surface area contributed by atoms with E-state index in [1.807, 2.05) is 11.3 Å². The summed E-state index contributed by atoms with van der Waals surface area (Å²) < 4.78 is 0. The number of benzene rings is 1. The predicted molar refractivity (Wildman–Crippen MR) is 81.2 cm³/mol. The summed E-state index contributed by atoms with van der Waals surface area (Å²) in [6.07, 6.45) is 1.17. The third kappa shape index (κ3) is 3.21. The molecule has 1 atom stereocenters. The number of aryl methyl sites for hydroxylation is 1. The lowest BCUT2D eigenvalue weighted by atomic mass is 10.0. The van der Waals surface area contributed by atoms with Crippen LogP contribution in [0.15, 0.2) is 35.7 Å². The second kappa shape index (κ2) is 6.17. The van der Waals surface area contributed by atoms with Gasteiger partial charge in [-0.05, 0) is 61.0 Å². The third-order valence-electron chi connectivity index (χ3n) is 3.15. The number of nitrogens with one attached hydrogen (secondary N) is 1. The normalized spacial score (nSPS) is 12.6. The van der Waals surface area contributed by atoms with Crippen molar-refractivity contribution in [1.29, 1.82) is 0 Å². The molecule has 0 saturated heterocycles. The average molecular weight is 259 g/mol. The summed E-state index contributed by atoms with van der Waals surface area (Å²) in [6.45, 7) is 7.66. The molecule has 0 radical (unpaired) electrons. The van der Waals surface area contributed by atoms with Crippen LogP contribution >= 0.6 is 11.3 Å². The van der Waals surface area contributed by atoms with Crippen LogP contribution in [0, 0.1) is 6.92 Å². The summed E-state index contributed by atoms with van der Waals surface area (Å²) in [5, 5.41) is 5.77. The van der Waals surface area contributed by atoms with Gasteiger partial charge < -0.3 is 5.32 Å². The Balaban J connectivity index is 2.19. The fourth-order valence-corrected chi connectivity index (χ4v) is 2.77. The first-order valence-corrected chi connectivity index (χ1v) is 7.47. The van der Waals surface area contributed by atoms with Crippen LogP contribution in [0.4, 0.5) is 0 Å². The van der Waals surface area contributed by atoms with Crippen LogP contribution in [-0.2, 0) is 0 Å². The molecule has 2 heteroatoms. The predicted octanol–water partition coefficient (Wildman–Crippen LogP) is 4.78. The van der Waals surface area contributed by atoms with Crippen LogP contribution in [-0.4, -0.2) is 6.54 Å². The van der Waals surface area contributed by atoms with Crippen molar-refractivity contribution in [2.45, 2.75) is 33.2 Å². The van der Waals surface area contributed by atoms with Crippen molar-refractivity contribution in [3.05, 3.63) is 46.2 Å². The molecule has 1 N–H and O–H groups in total. The maximum absolute atomic E-state index is 3.54. The SMILES string of the molecule is CCCNC(C)c1cccc(-c2csc(C)c2)c1. The minimum Gasteiger partial charge on any atom is -0.310 e. The molecule has 1 heterocycles. The molecule has 18 heavy (non-hydrogen) atoms. The van der Waals surface area contributed by atoms with Crippen molar-refractivity contribution in [3.63, 3.8) is 0 Å². The average Bonchev–Trinajstić information content (AvgIpc) is 2.83. The Morgan fingerprint density at radius 2 is 2.06 bits per heavy atom. The number of hydrogen-bond donors (Lipinski definition) is 1. The summed E-state index contributed by atoms with van der Waals surface area (Å²) >= 11 is 1.81. The Kier molecular flexibility index (Phi) is 4.56. The maximum atomic E-state index is 3.54. The molecule has 0 bridgehead atoms. The number of hydrogen-bond acceptors (Lipinski definition) is 2. The summed E-state index contributed by atoms with van der Waals surface area (Å²) in [5.41, 5.74) is 4.02. The van der Waals surface area contributed by atoms with E-state index in [9.17, 15) is 0 Å². The van der Waals surface area contributed by atoms with Crippen LogP contribution in [0.3, 0.4) is 0 Å². The van der Waals surface area contributed by atoms with E-state index in [1.165, 1.54) is 28.0 Å². The van der Waals surface area contributed by atoms with E-state index >= 15 is 0 Å². The van der Waals surface area contributed by atoms with Gasteiger partial charge in [0.2, 0.25) is 0 Å². The molecule has 1 aromatic carbocycles. The molecular weight excluding hydrogens is 238 g/mol. The molecule has 0 saturated carbocycles. The Labute approximate surface area is 114 Å². The van der Waals surface area contributed by atoms with Gasteiger partial charge in [-0.3, -0.25) is 0 Å². The zero-order valence-electron chi connectivity index (χ0n) is 11.4. The molecule has 2 rings (SSSR count). The molecule has 0 aliphatic heterocycles. The molecule has 1 aromatic heterocycles. The van der Waals surface area contributed by atoms with E-state index in [0.29, 0.717) is 6.04 Å². The van der Waals surface area contributed by atoms with Gasteiger partial charge in [-0.2, -0.15) is 0 Å². The van der Waals surface area contributed by atoms with Crippen molar-refractivity contribution in [3.8, 4) is 11.1 Å². The molecule has 0 spiro atoms. The van der Waals surface area contributed by atoms with Crippen LogP contribution in [0.5, 0.6) is 0 Å². The summed E-state index contributed by atoms with van der Waals surface area (Å²) in [7, 11) is 0. The van der Waals surface area contributed by atoms with Gasteiger partial charge in [0.05, 0.1) is 0 Å². The third-order valence-corrected chi connectivity index (χ3v) is 4.01. The first-order chi connectivity index (χ1) is 8.70. The second-order valence-electron chi connectivity index (χ2n) is 4.75. The molecule has 0 amide bonds. The second-order valence-corrected chi connectivity index (χ2v) is 5.86. The molecule has 0 fully saturated rings. The van der Waals surface area contributed by atoms with Gasteiger partial charge in [0.15, 0.2) is 0 Å². The lowest BCUT2D eigenvalue weighted by molar-refractivity contribution is 0.571. The zero-order chi connectivity index (χ0) is 13.0. The fourth-order valence-electron chi connectivity index (χ4n) is 2.06. The van der Waals surface area contributed by atoms with Gasteiger partial charge in [-0.25, -0.2) is 0 Å². The Morgan fingerprint density at radius 3 is 2.72 bits per heavy atom. The lowest BCUT2D eigenvalue weighted by Gasteiger charge is -2.14. The van der Waals surface area contributed by atoms with E-state index < -0.39 is 0 Å². The highest BCUT2D eigenvalue weighted by Crippen LogP contribution is 2.27. The molecule has 1 unspecified atom stereocenters. The van der Waals surface area contributed by atoms with Crippen molar-refractivity contribution in [2.24, 2.45) is 0 Å². The van der Waals surface area contributed by atoms with Gasteiger partial charge in [-0.15, -0.1) is 11.3 Å². The number of rotatable bonds is 5. The van der Waals surface area contributed by atoms with Gasteiger partial charge in [0, 0.05) is 10.9 Å². The van der Waals surface area contributed by atoms with Gasteiger partial charge >= 0.3 is 0 Å². The van der Waals surface area contributed by atoms with E-state index in [2.05, 4.69) is 61.8 Å². The van der Waals surface area contributed by atoms with Crippen molar-refractivity contribution >= 4 is 11.3 Å². The Bertz CT molecular complexity index is 501. The molecule has 96 valence electrons. The van der Waals surface area contributed by atoms with E-state index in [-0.39, 0.29) is 0 Å². The molecule has 1 nitrogen and oxygen atoms in total. The van der Waals surface area contributed by atoms with Crippen molar-refractivity contribution in [1.82, 2.24) is 5.32 Å². The lowest BCUT2D eigenvalue weighted by Crippen LogP contribution is -2.19. The first-order valence-electron chi connectivity index (χ1n) is 6.59. The topological polar surface area (TPSA) is 12.0 Å². The maximum Gasteiger partial charge on any atom is 0.0292 e. The van der Waals surface area contributed by atoms with Gasteiger partial charge in [0.25, 0.3) is 0 Å². The van der Waals surface area contributed by atoms with E-state index in [4.69, 9.17) is 0 Å². The van der Waals surface area contributed by atoms with E-state index in [0.717, 1.165) is 6.54 Å². The van der Waals surface area contributed by atoms with Crippen LogP contribution < -0.4 is 5.32 Å². The van der Waals surface area contributed by atoms with E-state index in [1.54, 1.807) is 0 Å². The fraction of sp³-hybridized carbons (Fsp3) is 0.375. The summed E-state index contributed by atoms with van der Waals surface area (Å²) in [6, 6.07) is 11.5. The minimum atomic E-state index is 0.421. The monoisotopic (exact) mass is 259 g/mol. The van der Waals surface area contributed by atoms with Crippen molar-refractivity contribution < 1.29 is 0 Å². The largest absolute Gasteiger partial charge is 0.310 e. The molecule has 0 aliphatic carbocycles. The molecular formula is C16H21NS. The highest BCUT2D eigenvalue weighted by atomic mass is 32.1. The summed E-state index contributed by atoms with van der Waals surface area (Å²) in [4.78, 5) is 1.37. The standard InChI is InChI=1S/C16H21NS/c1-4-8-17-13(3)14-6-5-7-15(10-14)16-9-12(2)18-11-16/h5-7,9-11,13,17H,4,8H2,1-3H3. The molecule has 0 aliphatic rings. The zero-order valence-corrected chi connectivity index (χ0v) is 12.2. The number of thiophene rings is 1. The highest BCUT2D eigenvalue weighted by Gasteiger charge is 2.06. The van der Waals surface area contributed by atoms with Crippen LogP contribution in [0.25, 0.3) is 11.1 Å². The minimum absolute atomic E-state index is 0.421. The highest BCUT2D eigenvalue weighted by molar-refractivity contribution is 7.10. The Morgan fingerprint density at radius 1 is 1.22 bits per heavy atom. The molecule has 2 aromatic rings. The van der Waals surface area contributed by atoms with Crippen LogP contribution in [0.1, 0.15) is 36.8 Å². The Hall–Kier alpha value is -1.12. The smallest absolute Gasteiger partial charge is 0.0292 e. The quantitative estimate of drug-likeness (QED) is 0.814. The van der Waals surface area contributed by atoms with Crippen LogP contribution in [0.2, 0.25) is 0 Å². The van der Waals surface area contributed by atoms with Gasteiger partial charge in [-0.1, -0.05) is 25.1 Å². The summed E-state index contributed by atoms with van der Waals surface area (Å²) in [5.74, 6) is 0.